The highest BCUT2D eigenvalue weighted by molar-refractivity contribution is 5.69. The van der Waals surface area contributed by atoms with Gasteiger partial charge in [-0.1, -0.05) is 6.07 Å². The molecular formula is C13H16NO5-. The summed E-state index contributed by atoms with van der Waals surface area (Å²) in [6.07, 6.45) is -0.664. The molecule has 104 valence electrons. The number of ether oxygens (including phenoxy) is 2. The van der Waals surface area contributed by atoms with E-state index in [0.717, 1.165) is 5.06 Å². The molecule has 1 aromatic rings. The third-order valence-electron chi connectivity index (χ3n) is 2.91. The van der Waals surface area contributed by atoms with E-state index in [4.69, 9.17) is 9.47 Å². The number of hydrogen-bond acceptors (Lipinski definition) is 6. The van der Waals surface area contributed by atoms with Crippen LogP contribution < -0.4 is 9.47 Å². The van der Waals surface area contributed by atoms with Crippen molar-refractivity contribution in [1.29, 1.82) is 0 Å². The average Bonchev–Trinajstić information content (AvgIpc) is 2.32. The average molecular weight is 266 g/mol. The Morgan fingerprint density at radius 3 is 2.84 bits per heavy atom. The minimum atomic E-state index is -0.664. The van der Waals surface area contributed by atoms with Crippen LogP contribution in [0.5, 0.6) is 11.5 Å². The number of hydrogen-bond donors (Lipinski definition) is 1. The van der Waals surface area contributed by atoms with Crippen molar-refractivity contribution in [3.05, 3.63) is 29.5 Å². The van der Waals surface area contributed by atoms with Gasteiger partial charge < -0.3 is 24.9 Å². The first-order valence-corrected chi connectivity index (χ1v) is 6.06. The summed E-state index contributed by atoms with van der Waals surface area (Å²) in [6.45, 7) is 2.13. The first-order chi connectivity index (χ1) is 9.04. The quantitative estimate of drug-likeness (QED) is 0.626. The van der Waals surface area contributed by atoms with Gasteiger partial charge in [0.15, 0.2) is 0 Å². The zero-order valence-corrected chi connectivity index (χ0v) is 10.6. The highest BCUT2D eigenvalue weighted by atomic mass is 16.5. The maximum absolute atomic E-state index is 10.8. The lowest BCUT2D eigenvalue weighted by molar-refractivity contribution is -0.131. The Morgan fingerprint density at radius 2 is 2.21 bits per heavy atom. The molecule has 1 saturated heterocycles. The van der Waals surface area contributed by atoms with Gasteiger partial charge in [0.1, 0.15) is 18.1 Å². The summed E-state index contributed by atoms with van der Waals surface area (Å²) >= 11 is 0. The third-order valence-corrected chi connectivity index (χ3v) is 2.91. The van der Waals surface area contributed by atoms with Crippen LogP contribution >= 0.6 is 0 Å². The van der Waals surface area contributed by atoms with Crippen LogP contribution in [0.25, 0.3) is 0 Å². The molecule has 1 aliphatic heterocycles. The van der Waals surface area contributed by atoms with Crippen LogP contribution in [0, 0.1) is 11.1 Å². The lowest BCUT2D eigenvalue weighted by Crippen LogP contribution is -2.50. The number of carbonyl (C=O) groups is 1. The van der Waals surface area contributed by atoms with Crippen molar-refractivity contribution in [2.75, 3.05) is 19.7 Å². The van der Waals surface area contributed by atoms with Crippen LogP contribution in [0.2, 0.25) is 0 Å². The number of aliphatic hydroxyl groups is 1. The molecule has 0 radical (unpaired) electrons. The number of carbonyl (C=O) groups excluding carboxylic acids is 1. The molecule has 1 N–H and O–H groups in total. The van der Waals surface area contributed by atoms with Gasteiger partial charge in [-0.25, -0.2) is 0 Å². The second-order valence-electron chi connectivity index (χ2n) is 4.55. The van der Waals surface area contributed by atoms with E-state index in [1.807, 2.05) is 0 Å². The maximum atomic E-state index is 10.8. The lowest BCUT2D eigenvalue weighted by Gasteiger charge is -2.46. The normalized spacial score (nSPS) is 17.6. The summed E-state index contributed by atoms with van der Waals surface area (Å²) in [6, 6.07) is 6.63. The number of nitrogens with zero attached hydrogens (tertiary/aromatic N) is 1. The molecule has 6 heteroatoms. The molecule has 1 aromatic carbocycles. The Balaban J connectivity index is 1.83. The second-order valence-corrected chi connectivity index (χ2v) is 4.55. The van der Waals surface area contributed by atoms with Gasteiger partial charge in [-0.2, -0.15) is 0 Å². The smallest absolute Gasteiger partial charge is 0.308 e. The Bertz CT molecular complexity index is 444. The summed E-state index contributed by atoms with van der Waals surface area (Å²) in [5.41, 5.74) is 0. The van der Waals surface area contributed by atoms with Gasteiger partial charge in [-0.15, -0.1) is 0 Å². The molecule has 0 aromatic heterocycles. The van der Waals surface area contributed by atoms with E-state index in [2.05, 4.69) is 0 Å². The topological polar surface area (TPSA) is 82.1 Å². The van der Waals surface area contributed by atoms with Crippen molar-refractivity contribution in [2.24, 2.45) is 5.92 Å². The van der Waals surface area contributed by atoms with Gasteiger partial charge >= 0.3 is 5.97 Å². The molecule has 1 atom stereocenters. The van der Waals surface area contributed by atoms with E-state index in [-0.39, 0.29) is 12.5 Å². The minimum absolute atomic E-state index is 0.0332. The van der Waals surface area contributed by atoms with Crippen molar-refractivity contribution >= 4 is 5.97 Å². The zero-order chi connectivity index (χ0) is 13.8. The van der Waals surface area contributed by atoms with E-state index >= 15 is 0 Å². The first kappa shape index (κ1) is 13.8. The van der Waals surface area contributed by atoms with Crippen LogP contribution in [-0.4, -0.2) is 41.9 Å². The zero-order valence-electron chi connectivity index (χ0n) is 10.6. The highest BCUT2D eigenvalue weighted by Gasteiger charge is 2.27. The molecule has 0 aliphatic carbocycles. The van der Waals surface area contributed by atoms with Crippen LogP contribution in [0.4, 0.5) is 0 Å². The van der Waals surface area contributed by atoms with E-state index < -0.39 is 12.1 Å². The summed E-state index contributed by atoms with van der Waals surface area (Å²) in [4.78, 5) is 10.8. The molecule has 1 heterocycles. The fourth-order valence-electron chi connectivity index (χ4n) is 1.82. The van der Waals surface area contributed by atoms with Crippen LogP contribution in [-0.2, 0) is 4.79 Å². The molecule has 1 aliphatic rings. The molecule has 0 unspecified atom stereocenters. The van der Waals surface area contributed by atoms with Gasteiger partial charge in [0.25, 0.3) is 0 Å². The number of aliphatic hydroxyl groups excluding tert-OH is 1. The van der Waals surface area contributed by atoms with E-state index in [1.165, 1.54) is 6.92 Å². The van der Waals surface area contributed by atoms with Crippen LogP contribution in [0.15, 0.2) is 24.3 Å². The second kappa shape index (κ2) is 6.01. The fraction of sp³-hybridized carbons (Fsp3) is 0.462. The number of hydroxylamine groups is 2. The van der Waals surface area contributed by atoms with Crippen molar-refractivity contribution in [3.63, 3.8) is 0 Å². The molecule has 0 spiro atoms. The van der Waals surface area contributed by atoms with Crippen molar-refractivity contribution in [1.82, 2.24) is 5.06 Å². The number of esters is 1. The highest BCUT2D eigenvalue weighted by Crippen LogP contribution is 2.22. The minimum Gasteiger partial charge on any atom is -0.785 e. The first-order valence-electron chi connectivity index (χ1n) is 6.06. The van der Waals surface area contributed by atoms with Gasteiger partial charge in [0.05, 0.1) is 6.10 Å². The van der Waals surface area contributed by atoms with Crippen LogP contribution in [0.3, 0.4) is 0 Å². The predicted molar refractivity (Wildman–Crippen MR) is 67.7 cm³/mol. The molecule has 1 fully saturated rings. The summed E-state index contributed by atoms with van der Waals surface area (Å²) in [7, 11) is 0. The van der Waals surface area contributed by atoms with Gasteiger partial charge in [-0.05, 0) is 25.2 Å². The fourth-order valence-corrected chi connectivity index (χ4v) is 1.82. The number of rotatable bonds is 5. The SMILES string of the molecule is CC(=O)Oc1cccc(OC[C@H](O)C2CN([O-])C2)c1. The summed E-state index contributed by atoms with van der Waals surface area (Å²) in [5, 5.41) is 21.4. The van der Waals surface area contributed by atoms with E-state index in [0.29, 0.717) is 24.6 Å². The summed E-state index contributed by atoms with van der Waals surface area (Å²) < 4.78 is 10.3. The molecule has 0 saturated carbocycles. The summed E-state index contributed by atoms with van der Waals surface area (Å²) in [5.74, 6) is 0.473. The van der Waals surface area contributed by atoms with Gasteiger partial charge in [0.2, 0.25) is 0 Å². The third kappa shape index (κ3) is 3.92. The van der Waals surface area contributed by atoms with E-state index in [1.54, 1.807) is 24.3 Å². The standard InChI is InChI=1S/C13H16NO5/c1-9(15)19-12-4-2-3-11(5-12)18-8-13(16)10-6-14(17)7-10/h2-5,10,13,16H,6-8H2,1H3/q-1/t13-/m0/s1. The molecule has 6 nitrogen and oxygen atoms in total. The monoisotopic (exact) mass is 266 g/mol. The molecule has 0 bridgehead atoms. The maximum Gasteiger partial charge on any atom is 0.308 e. The molecule has 0 amide bonds. The number of benzene rings is 1. The van der Waals surface area contributed by atoms with Gasteiger partial charge in [0, 0.05) is 18.9 Å². The van der Waals surface area contributed by atoms with Crippen molar-refractivity contribution in [2.45, 2.75) is 13.0 Å². The predicted octanol–water partition coefficient (Wildman–Crippen LogP) is 0.781. The molecule has 19 heavy (non-hydrogen) atoms. The van der Waals surface area contributed by atoms with Crippen molar-refractivity contribution < 1.29 is 19.4 Å². The molecule has 2 rings (SSSR count). The molecular weight excluding hydrogens is 250 g/mol. The lowest BCUT2D eigenvalue weighted by atomic mass is 9.96. The van der Waals surface area contributed by atoms with Crippen LogP contribution in [0.1, 0.15) is 6.92 Å². The Kier molecular flexibility index (Phi) is 4.36. The Morgan fingerprint density at radius 1 is 1.53 bits per heavy atom. The Hall–Kier alpha value is -1.63. The van der Waals surface area contributed by atoms with E-state index in [9.17, 15) is 15.1 Å². The van der Waals surface area contributed by atoms with Gasteiger partial charge in [-0.3, -0.25) is 4.79 Å². The largest absolute Gasteiger partial charge is 0.785 e. The Labute approximate surface area is 111 Å². The van der Waals surface area contributed by atoms with Crippen molar-refractivity contribution in [3.8, 4) is 11.5 Å².